The molecule has 0 amide bonds. The van der Waals surface area contributed by atoms with Crippen LogP contribution in [0.5, 0.6) is 5.75 Å². The minimum absolute atomic E-state index is 0.100. The van der Waals surface area contributed by atoms with Gasteiger partial charge in [-0.15, -0.1) is 0 Å². The molecule has 0 radical (unpaired) electrons. The quantitative estimate of drug-likeness (QED) is 0.629. The number of aromatic hydroxyl groups is 1. The van der Waals surface area contributed by atoms with Gasteiger partial charge in [-0.3, -0.25) is 0 Å². The smallest absolute Gasteiger partial charge is 0.223 e. The van der Waals surface area contributed by atoms with Crippen LogP contribution in [0.15, 0.2) is 42.5 Å². The van der Waals surface area contributed by atoms with Gasteiger partial charge in [0, 0.05) is 22.5 Å². The van der Waals surface area contributed by atoms with Crippen LogP contribution < -0.4 is 11.1 Å². The van der Waals surface area contributed by atoms with Crippen molar-refractivity contribution in [2.24, 2.45) is 0 Å². The maximum Gasteiger partial charge on any atom is 0.223 e. The minimum Gasteiger partial charge on any atom is -0.507 e. The van der Waals surface area contributed by atoms with Crippen molar-refractivity contribution in [2.45, 2.75) is 0 Å². The summed E-state index contributed by atoms with van der Waals surface area (Å²) in [5, 5.41) is 14.9. The summed E-state index contributed by atoms with van der Waals surface area (Å²) in [5.74, 6) is 0.827. The van der Waals surface area contributed by atoms with Crippen LogP contribution >= 0.6 is 11.6 Å². The Hall–Kier alpha value is -2.53. The highest BCUT2D eigenvalue weighted by Gasteiger charge is 2.06. The molecule has 3 rings (SSSR count). The second-order valence-corrected chi connectivity index (χ2v) is 4.62. The molecule has 0 saturated heterocycles. The fourth-order valence-corrected chi connectivity index (χ4v) is 2.23. The number of nitrogens with one attached hydrogen (secondary N) is 1. The highest BCUT2D eigenvalue weighted by atomic mass is 35.5. The number of nitrogens with two attached hydrogens (primary N) is 1. The molecule has 0 spiro atoms. The van der Waals surface area contributed by atoms with Gasteiger partial charge in [-0.2, -0.15) is 4.98 Å². The van der Waals surface area contributed by atoms with Gasteiger partial charge in [0.2, 0.25) is 5.95 Å². The normalized spacial score (nSPS) is 10.7. The Kier molecular flexibility index (Phi) is 3.04. The molecule has 0 bridgehead atoms. The Bertz CT molecular complexity index is 771. The molecular formula is C14H11ClN4O. The van der Waals surface area contributed by atoms with Crippen molar-refractivity contribution in [2.75, 3.05) is 11.1 Å². The van der Waals surface area contributed by atoms with Gasteiger partial charge in [0.1, 0.15) is 16.7 Å². The van der Waals surface area contributed by atoms with E-state index in [9.17, 15) is 5.11 Å². The van der Waals surface area contributed by atoms with Gasteiger partial charge < -0.3 is 16.2 Å². The number of benzene rings is 2. The molecule has 0 aliphatic rings. The predicted octanol–water partition coefficient (Wildman–Crippen LogP) is 3.31. The molecule has 5 nitrogen and oxygen atoms in total. The fraction of sp³-hybridized carbons (Fsp3) is 0. The molecule has 0 fully saturated rings. The summed E-state index contributed by atoms with van der Waals surface area (Å²) in [6.07, 6.45) is 0. The molecule has 2 aromatic carbocycles. The van der Waals surface area contributed by atoms with Gasteiger partial charge in [-0.25, -0.2) is 4.98 Å². The Morgan fingerprint density at radius 3 is 2.60 bits per heavy atom. The number of fused-ring (bicyclic) bond motifs is 1. The van der Waals surface area contributed by atoms with Crippen molar-refractivity contribution < 1.29 is 5.11 Å². The Morgan fingerprint density at radius 1 is 1.05 bits per heavy atom. The second-order valence-electron chi connectivity index (χ2n) is 4.24. The molecule has 6 heteroatoms. The van der Waals surface area contributed by atoms with Crippen LogP contribution in [0.25, 0.3) is 10.8 Å². The van der Waals surface area contributed by atoms with Crippen LogP contribution in [0.1, 0.15) is 0 Å². The summed E-state index contributed by atoms with van der Waals surface area (Å²) >= 11 is 5.85. The Morgan fingerprint density at radius 2 is 1.80 bits per heavy atom. The lowest BCUT2D eigenvalue weighted by atomic mass is 10.1. The summed E-state index contributed by atoms with van der Waals surface area (Å²) in [6, 6.07) is 12.5. The maximum absolute atomic E-state index is 9.86. The lowest BCUT2D eigenvalue weighted by molar-refractivity contribution is 0.481. The molecule has 0 unspecified atom stereocenters. The summed E-state index contributed by atoms with van der Waals surface area (Å²) < 4.78 is 0. The number of nitrogen functional groups attached to an aromatic ring is 1. The molecule has 20 heavy (non-hydrogen) atoms. The van der Waals surface area contributed by atoms with Crippen molar-refractivity contribution in [3.05, 3.63) is 47.6 Å². The minimum atomic E-state index is 0.100. The number of rotatable bonds is 2. The van der Waals surface area contributed by atoms with E-state index in [1.165, 1.54) is 0 Å². The third-order valence-corrected chi connectivity index (χ3v) is 3.07. The molecule has 1 heterocycles. The predicted molar refractivity (Wildman–Crippen MR) is 80.3 cm³/mol. The first-order valence-corrected chi connectivity index (χ1v) is 6.29. The van der Waals surface area contributed by atoms with Crippen molar-refractivity contribution in [1.29, 1.82) is 0 Å². The molecule has 0 saturated carbocycles. The number of hydrogen-bond acceptors (Lipinski definition) is 5. The van der Waals surface area contributed by atoms with Gasteiger partial charge in [-0.1, -0.05) is 35.9 Å². The third-order valence-electron chi connectivity index (χ3n) is 2.87. The molecule has 0 aliphatic carbocycles. The Labute approximate surface area is 120 Å². The highest BCUT2D eigenvalue weighted by molar-refractivity contribution is 6.29. The number of halogens is 1. The number of nitrogens with zero attached hydrogens (tertiary/aromatic N) is 2. The number of aromatic nitrogens is 2. The SMILES string of the molecule is Nc1nc(Cl)cc(Nc2cccc3c(O)cccc23)n1. The van der Waals surface area contributed by atoms with E-state index in [1.807, 2.05) is 24.3 Å². The van der Waals surface area contributed by atoms with Crippen molar-refractivity contribution >= 4 is 39.8 Å². The van der Waals surface area contributed by atoms with Crippen LogP contribution in [-0.2, 0) is 0 Å². The standard InChI is InChI=1S/C14H11ClN4O/c15-12-7-13(19-14(16)18-12)17-10-5-1-4-9-8(10)3-2-6-11(9)20/h1-7,20H,(H3,16,17,18,19). The van der Waals surface area contributed by atoms with Crippen LogP contribution in [0.4, 0.5) is 17.5 Å². The van der Waals surface area contributed by atoms with Gasteiger partial charge >= 0.3 is 0 Å². The summed E-state index contributed by atoms with van der Waals surface area (Å²) in [6.45, 7) is 0. The fourth-order valence-electron chi connectivity index (χ4n) is 2.04. The zero-order chi connectivity index (χ0) is 14.1. The van der Waals surface area contributed by atoms with Gasteiger partial charge in [0.15, 0.2) is 0 Å². The lowest BCUT2D eigenvalue weighted by Crippen LogP contribution is -2.00. The zero-order valence-electron chi connectivity index (χ0n) is 10.3. The van der Waals surface area contributed by atoms with Gasteiger partial charge in [0.25, 0.3) is 0 Å². The van der Waals surface area contributed by atoms with Crippen LogP contribution in [-0.4, -0.2) is 15.1 Å². The monoisotopic (exact) mass is 286 g/mol. The van der Waals surface area contributed by atoms with Crippen molar-refractivity contribution in [3.63, 3.8) is 0 Å². The van der Waals surface area contributed by atoms with Crippen molar-refractivity contribution in [3.8, 4) is 5.75 Å². The maximum atomic E-state index is 9.86. The highest BCUT2D eigenvalue weighted by Crippen LogP contribution is 2.31. The van der Waals surface area contributed by atoms with Gasteiger partial charge in [0.05, 0.1) is 0 Å². The van der Waals surface area contributed by atoms with Gasteiger partial charge in [-0.05, 0) is 12.1 Å². The number of phenols is 1. The molecular weight excluding hydrogens is 276 g/mol. The Balaban J connectivity index is 2.09. The molecule has 4 N–H and O–H groups in total. The first-order chi connectivity index (χ1) is 9.63. The van der Waals surface area contributed by atoms with E-state index in [2.05, 4.69) is 15.3 Å². The zero-order valence-corrected chi connectivity index (χ0v) is 11.1. The largest absolute Gasteiger partial charge is 0.507 e. The number of hydrogen-bond donors (Lipinski definition) is 3. The van der Waals surface area contributed by atoms with E-state index < -0.39 is 0 Å². The molecule has 3 aromatic rings. The number of anilines is 3. The molecule has 0 atom stereocenters. The number of phenolic OH excluding ortho intramolecular Hbond substituents is 1. The average Bonchev–Trinajstić information content (AvgIpc) is 2.39. The van der Waals surface area contributed by atoms with E-state index in [-0.39, 0.29) is 16.9 Å². The van der Waals surface area contributed by atoms with E-state index in [0.29, 0.717) is 5.82 Å². The third kappa shape index (κ3) is 2.31. The van der Waals surface area contributed by atoms with E-state index in [0.717, 1.165) is 16.5 Å². The van der Waals surface area contributed by atoms with Crippen LogP contribution in [0, 0.1) is 0 Å². The summed E-state index contributed by atoms with van der Waals surface area (Å²) in [5.41, 5.74) is 6.36. The van der Waals surface area contributed by atoms with Crippen molar-refractivity contribution in [1.82, 2.24) is 9.97 Å². The summed E-state index contributed by atoms with van der Waals surface area (Å²) in [4.78, 5) is 7.87. The van der Waals surface area contributed by atoms with Crippen LogP contribution in [0.3, 0.4) is 0 Å². The summed E-state index contributed by atoms with van der Waals surface area (Å²) in [7, 11) is 0. The topological polar surface area (TPSA) is 84.1 Å². The molecule has 0 aliphatic heterocycles. The van der Waals surface area contributed by atoms with E-state index >= 15 is 0 Å². The average molecular weight is 287 g/mol. The van der Waals surface area contributed by atoms with E-state index in [4.69, 9.17) is 17.3 Å². The lowest BCUT2D eigenvalue weighted by Gasteiger charge is -2.10. The van der Waals surface area contributed by atoms with E-state index in [1.54, 1.807) is 18.2 Å². The second kappa shape index (κ2) is 4.86. The molecule has 1 aromatic heterocycles. The first-order valence-electron chi connectivity index (χ1n) is 5.91. The van der Waals surface area contributed by atoms with Crippen LogP contribution in [0.2, 0.25) is 5.15 Å². The first kappa shape index (κ1) is 12.5. The molecule has 100 valence electrons.